The van der Waals surface area contributed by atoms with E-state index >= 15 is 0 Å². The first-order valence-electron chi connectivity index (χ1n) is 6.04. The Hall–Kier alpha value is -0.570. The number of hydrogen-bond acceptors (Lipinski definition) is 2. The van der Waals surface area contributed by atoms with Crippen LogP contribution in [0.4, 0.5) is 0 Å². The molecule has 1 aromatic heterocycles. The number of aryl methyl sites for hydroxylation is 2. The molecule has 2 nitrogen and oxygen atoms in total. The summed E-state index contributed by atoms with van der Waals surface area (Å²) >= 11 is 1.71. The Morgan fingerprint density at radius 2 is 2.13 bits per heavy atom. The van der Waals surface area contributed by atoms with Gasteiger partial charge in [-0.05, 0) is 25.7 Å². The van der Waals surface area contributed by atoms with E-state index in [4.69, 9.17) is 0 Å². The SMILES string of the molecule is CCCCCCn1sc2c(c1=O)CCC2. The fraction of sp³-hybridized carbons (Fsp3) is 0.750. The highest BCUT2D eigenvalue weighted by atomic mass is 32.1. The largest absolute Gasteiger partial charge is 0.268 e. The lowest BCUT2D eigenvalue weighted by molar-refractivity contribution is 0.597. The summed E-state index contributed by atoms with van der Waals surface area (Å²) in [5.41, 5.74) is 1.43. The molecule has 0 saturated heterocycles. The number of unbranched alkanes of at least 4 members (excludes halogenated alkanes) is 3. The van der Waals surface area contributed by atoms with Crippen LogP contribution in [0.3, 0.4) is 0 Å². The average molecular weight is 225 g/mol. The van der Waals surface area contributed by atoms with Gasteiger partial charge in [-0.25, -0.2) is 0 Å². The van der Waals surface area contributed by atoms with Crippen LogP contribution in [-0.2, 0) is 19.4 Å². The fourth-order valence-electron chi connectivity index (χ4n) is 2.20. The summed E-state index contributed by atoms with van der Waals surface area (Å²) in [5, 5.41) is 0. The third-order valence-electron chi connectivity index (χ3n) is 3.09. The first-order chi connectivity index (χ1) is 7.33. The number of fused-ring (bicyclic) bond motifs is 1. The zero-order chi connectivity index (χ0) is 10.7. The van der Waals surface area contributed by atoms with Crippen LogP contribution in [0.25, 0.3) is 0 Å². The van der Waals surface area contributed by atoms with E-state index in [1.165, 1.54) is 30.6 Å². The van der Waals surface area contributed by atoms with Gasteiger partial charge in [0.2, 0.25) is 0 Å². The molecule has 1 aromatic rings. The second kappa shape index (κ2) is 4.97. The molecule has 0 radical (unpaired) electrons. The molecule has 0 aliphatic heterocycles. The zero-order valence-corrected chi connectivity index (χ0v) is 10.2. The van der Waals surface area contributed by atoms with E-state index < -0.39 is 0 Å². The molecule has 3 heteroatoms. The van der Waals surface area contributed by atoms with Gasteiger partial charge in [-0.15, -0.1) is 0 Å². The maximum Gasteiger partial charge on any atom is 0.264 e. The van der Waals surface area contributed by atoms with Gasteiger partial charge < -0.3 is 0 Å². The summed E-state index contributed by atoms with van der Waals surface area (Å²) < 4.78 is 1.97. The van der Waals surface area contributed by atoms with Crippen LogP contribution in [0.5, 0.6) is 0 Å². The minimum absolute atomic E-state index is 0.309. The molecule has 0 N–H and O–H groups in total. The Bertz CT molecular complexity index is 377. The van der Waals surface area contributed by atoms with Crippen molar-refractivity contribution in [1.82, 2.24) is 3.96 Å². The van der Waals surface area contributed by atoms with Crippen LogP contribution in [0.15, 0.2) is 4.79 Å². The normalized spacial score (nSPS) is 14.5. The summed E-state index contributed by atoms with van der Waals surface area (Å²) in [6.45, 7) is 3.16. The molecule has 0 unspecified atom stereocenters. The standard InChI is InChI=1S/C12H19NOS/c1-2-3-4-5-9-13-12(14)10-7-6-8-11(10)15-13/h2-9H2,1H3. The lowest BCUT2D eigenvalue weighted by Gasteiger charge is -2.00. The third kappa shape index (κ3) is 2.33. The van der Waals surface area contributed by atoms with E-state index in [1.54, 1.807) is 11.5 Å². The van der Waals surface area contributed by atoms with Gasteiger partial charge >= 0.3 is 0 Å². The molecule has 84 valence electrons. The zero-order valence-electron chi connectivity index (χ0n) is 9.42. The van der Waals surface area contributed by atoms with Crippen LogP contribution in [-0.4, -0.2) is 3.96 Å². The van der Waals surface area contributed by atoms with Crippen molar-refractivity contribution in [2.24, 2.45) is 0 Å². The van der Waals surface area contributed by atoms with Gasteiger partial charge in [0.1, 0.15) is 0 Å². The predicted octanol–water partition coefficient (Wildman–Crippen LogP) is 2.98. The van der Waals surface area contributed by atoms with Gasteiger partial charge in [0.25, 0.3) is 5.56 Å². The van der Waals surface area contributed by atoms with Crippen molar-refractivity contribution < 1.29 is 0 Å². The Balaban J connectivity index is 1.95. The molecule has 0 bridgehead atoms. The number of aromatic nitrogens is 1. The van der Waals surface area contributed by atoms with Gasteiger partial charge in [-0.3, -0.25) is 8.75 Å². The van der Waals surface area contributed by atoms with Crippen molar-refractivity contribution in [1.29, 1.82) is 0 Å². The highest BCUT2D eigenvalue weighted by Crippen LogP contribution is 2.23. The highest BCUT2D eigenvalue weighted by Gasteiger charge is 2.19. The van der Waals surface area contributed by atoms with Gasteiger partial charge in [0, 0.05) is 17.0 Å². The lowest BCUT2D eigenvalue weighted by atomic mass is 10.2. The predicted molar refractivity (Wildman–Crippen MR) is 64.7 cm³/mol. The molecular formula is C12H19NOS. The second-order valence-corrected chi connectivity index (χ2v) is 5.43. The van der Waals surface area contributed by atoms with Crippen LogP contribution < -0.4 is 5.56 Å². The van der Waals surface area contributed by atoms with Crippen LogP contribution >= 0.6 is 11.5 Å². The Morgan fingerprint density at radius 1 is 1.27 bits per heavy atom. The van der Waals surface area contributed by atoms with Gasteiger partial charge in [-0.1, -0.05) is 37.7 Å². The maximum absolute atomic E-state index is 11.9. The highest BCUT2D eigenvalue weighted by molar-refractivity contribution is 7.06. The van der Waals surface area contributed by atoms with E-state index in [0.29, 0.717) is 5.56 Å². The smallest absolute Gasteiger partial charge is 0.264 e. The molecule has 0 fully saturated rings. The first-order valence-corrected chi connectivity index (χ1v) is 6.82. The molecule has 1 heterocycles. The summed E-state index contributed by atoms with van der Waals surface area (Å²) in [6.07, 6.45) is 8.31. The molecular weight excluding hydrogens is 206 g/mol. The van der Waals surface area contributed by atoms with Crippen molar-refractivity contribution in [3.8, 4) is 0 Å². The van der Waals surface area contributed by atoms with E-state index in [1.807, 2.05) is 3.96 Å². The third-order valence-corrected chi connectivity index (χ3v) is 4.33. The summed E-state index contributed by atoms with van der Waals surface area (Å²) in [4.78, 5) is 13.3. The number of nitrogens with zero attached hydrogens (tertiary/aromatic N) is 1. The van der Waals surface area contributed by atoms with Crippen LogP contribution in [0, 0.1) is 0 Å². The second-order valence-electron chi connectivity index (χ2n) is 4.31. The van der Waals surface area contributed by atoms with E-state index in [9.17, 15) is 4.79 Å². The van der Waals surface area contributed by atoms with Crippen molar-refractivity contribution >= 4 is 11.5 Å². The molecule has 15 heavy (non-hydrogen) atoms. The summed E-state index contributed by atoms with van der Waals surface area (Å²) in [5.74, 6) is 0. The quantitative estimate of drug-likeness (QED) is 0.706. The molecule has 0 atom stereocenters. The molecule has 0 saturated carbocycles. The molecule has 1 aliphatic rings. The molecule has 1 aliphatic carbocycles. The molecule has 0 spiro atoms. The lowest BCUT2D eigenvalue weighted by Crippen LogP contribution is -2.16. The summed E-state index contributed by atoms with van der Waals surface area (Å²) in [7, 11) is 0. The minimum Gasteiger partial charge on any atom is -0.268 e. The van der Waals surface area contributed by atoms with Gasteiger partial charge in [0.15, 0.2) is 0 Å². The van der Waals surface area contributed by atoms with Crippen LogP contribution in [0.1, 0.15) is 49.5 Å². The average Bonchev–Trinajstić information content (AvgIpc) is 2.78. The van der Waals surface area contributed by atoms with E-state index in [-0.39, 0.29) is 0 Å². The monoisotopic (exact) mass is 225 g/mol. The van der Waals surface area contributed by atoms with Gasteiger partial charge in [-0.2, -0.15) is 0 Å². The van der Waals surface area contributed by atoms with Crippen molar-refractivity contribution in [3.63, 3.8) is 0 Å². The van der Waals surface area contributed by atoms with Crippen molar-refractivity contribution in [2.45, 2.75) is 58.4 Å². The van der Waals surface area contributed by atoms with E-state index in [2.05, 4.69) is 6.92 Å². The first kappa shape index (κ1) is 10.9. The van der Waals surface area contributed by atoms with Crippen molar-refractivity contribution in [2.75, 3.05) is 0 Å². The fourth-order valence-corrected chi connectivity index (χ4v) is 3.41. The van der Waals surface area contributed by atoms with Gasteiger partial charge in [0.05, 0.1) is 0 Å². The molecule has 0 amide bonds. The topological polar surface area (TPSA) is 22.0 Å². The number of hydrogen-bond donors (Lipinski definition) is 0. The molecule has 0 aromatic carbocycles. The Labute approximate surface area is 95.1 Å². The Morgan fingerprint density at radius 3 is 2.87 bits per heavy atom. The minimum atomic E-state index is 0.309. The maximum atomic E-state index is 11.9. The number of rotatable bonds is 5. The Kier molecular flexibility index (Phi) is 3.62. The molecule has 2 rings (SSSR count). The van der Waals surface area contributed by atoms with Crippen LogP contribution in [0.2, 0.25) is 0 Å². The van der Waals surface area contributed by atoms with Crippen molar-refractivity contribution in [3.05, 3.63) is 20.8 Å². The summed E-state index contributed by atoms with van der Waals surface area (Å²) in [6, 6.07) is 0. The van der Waals surface area contributed by atoms with E-state index in [0.717, 1.165) is 31.4 Å².